The molecule has 1 fully saturated rings. The summed E-state index contributed by atoms with van der Waals surface area (Å²) in [5.74, 6) is -1.80. The Labute approximate surface area is 184 Å². The van der Waals surface area contributed by atoms with Gasteiger partial charge in [0.1, 0.15) is 16.9 Å². The van der Waals surface area contributed by atoms with E-state index in [4.69, 9.17) is 4.74 Å². The number of nitrogens with zero attached hydrogens (tertiary/aromatic N) is 2. The predicted octanol–water partition coefficient (Wildman–Crippen LogP) is 3.59. The number of hydrogen-bond acceptors (Lipinski definition) is 6. The molecule has 0 aliphatic carbocycles. The number of phenolic OH excluding ortho intramolecular Hbond substituents is 1. The Kier molecular flexibility index (Phi) is 6.32. The lowest BCUT2D eigenvalue weighted by Crippen LogP contribution is -2.45. The van der Waals surface area contributed by atoms with Crippen LogP contribution in [0, 0.1) is 5.82 Å². The van der Waals surface area contributed by atoms with E-state index in [9.17, 15) is 19.1 Å². The molecule has 8 heteroatoms. The monoisotopic (exact) mass is 437 g/mol. The molecule has 2 aromatic carbocycles. The highest BCUT2D eigenvalue weighted by Crippen LogP contribution is 2.32. The normalized spacial score (nSPS) is 14.3. The van der Waals surface area contributed by atoms with Crippen LogP contribution in [0.5, 0.6) is 5.75 Å². The molecule has 0 radical (unpaired) electrons. The molecular formula is C24H24FN3O4. The minimum absolute atomic E-state index is 0.123. The van der Waals surface area contributed by atoms with Crippen LogP contribution in [-0.2, 0) is 11.2 Å². The zero-order valence-corrected chi connectivity index (χ0v) is 17.7. The molecule has 0 unspecified atom stereocenters. The zero-order valence-electron chi connectivity index (χ0n) is 17.7. The van der Waals surface area contributed by atoms with Crippen LogP contribution in [0.15, 0.2) is 42.6 Å². The summed E-state index contributed by atoms with van der Waals surface area (Å²) in [5.41, 5.74) is 4.79. The first-order valence-corrected chi connectivity index (χ1v) is 10.5. The number of phenols is 1. The van der Waals surface area contributed by atoms with E-state index in [-0.39, 0.29) is 34.1 Å². The van der Waals surface area contributed by atoms with Gasteiger partial charge in [-0.25, -0.2) is 14.2 Å². The van der Waals surface area contributed by atoms with Gasteiger partial charge >= 0.3 is 5.97 Å². The van der Waals surface area contributed by atoms with Gasteiger partial charge in [-0.05, 0) is 54.7 Å². The number of fused-ring (bicyclic) bond motifs is 1. The van der Waals surface area contributed by atoms with Gasteiger partial charge in [0.15, 0.2) is 5.75 Å². The van der Waals surface area contributed by atoms with E-state index in [0.717, 1.165) is 43.5 Å². The summed E-state index contributed by atoms with van der Waals surface area (Å²) in [7, 11) is 1.21. The Bertz CT molecular complexity index is 1160. The van der Waals surface area contributed by atoms with Crippen LogP contribution in [0.3, 0.4) is 0 Å². The molecule has 166 valence electrons. The highest BCUT2D eigenvalue weighted by atomic mass is 19.1. The molecule has 1 aliphatic heterocycles. The summed E-state index contributed by atoms with van der Waals surface area (Å²) in [4.78, 5) is 29.7. The number of halogens is 1. The lowest BCUT2D eigenvalue weighted by molar-refractivity contribution is 0.0597. The van der Waals surface area contributed by atoms with Crippen LogP contribution in [0.2, 0.25) is 0 Å². The highest BCUT2D eigenvalue weighted by Gasteiger charge is 2.23. The lowest BCUT2D eigenvalue weighted by atomic mass is 9.99. The summed E-state index contributed by atoms with van der Waals surface area (Å²) >= 11 is 0. The Morgan fingerprint density at radius 2 is 1.81 bits per heavy atom. The summed E-state index contributed by atoms with van der Waals surface area (Å²) in [6.45, 7) is 1.50. The minimum Gasteiger partial charge on any atom is -0.505 e. The first-order chi connectivity index (χ1) is 15.5. The molecule has 4 rings (SSSR count). The number of carbonyl (C=O) groups is 2. The molecule has 1 saturated heterocycles. The number of aromatic hydroxyl groups is 1. The molecule has 32 heavy (non-hydrogen) atoms. The molecule has 2 N–H and O–H groups in total. The third-order valence-electron chi connectivity index (χ3n) is 5.59. The van der Waals surface area contributed by atoms with Crippen LogP contribution in [0.25, 0.3) is 10.9 Å². The van der Waals surface area contributed by atoms with Crippen molar-refractivity contribution in [2.75, 3.05) is 20.2 Å². The third-order valence-corrected chi connectivity index (χ3v) is 5.59. The molecule has 0 spiro atoms. The first-order valence-electron chi connectivity index (χ1n) is 10.5. The minimum atomic E-state index is -0.756. The van der Waals surface area contributed by atoms with Crippen molar-refractivity contribution in [2.24, 2.45) is 0 Å². The zero-order chi connectivity index (χ0) is 22.7. The van der Waals surface area contributed by atoms with Crippen molar-refractivity contribution >= 4 is 22.8 Å². The summed E-state index contributed by atoms with van der Waals surface area (Å²) in [6.07, 6.45) is 5.15. The van der Waals surface area contributed by atoms with Crippen LogP contribution < -0.4 is 5.43 Å². The van der Waals surface area contributed by atoms with Crippen molar-refractivity contribution in [2.45, 2.75) is 25.7 Å². The van der Waals surface area contributed by atoms with Crippen molar-refractivity contribution in [3.63, 3.8) is 0 Å². The highest BCUT2D eigenvalue weighted by molar-refractivity contribution is 6.11. The average molecular weight is 437 g/mol. The number of nitrogens with one attached hydrogen (secondary N) is 1. The number of hydrogen-bond donors (Lipinski definition) is 2. The predicted molar refractivity (Wildman–Crippen MR) is 117 cm³/mol. The summed E-state index contributed by atoms with van der Waals surface area (Å²) in [6, 6.07) is 9.23. The van der Waals surface area contributed by atoms with Gasteiger partial charge in [0.05, 0.1) is 12.7 Å². The van der Waals surface area contributed by atoms with Crippen molar-refractivity contribution in [3.8, 4) is 5.75 Å². The van der Waals surface area contributed by atoms with Gasteiger partial charge in [-0.1, -0.05) is 18.6 Å². The number of esters is 1. The molecule has 1 aliphatic rings. The van der Waals surface area contributed by atoms with Crippen LogP contribution in [-0.4, -0.2) is 47.2 Å². The lowest BCUT2D eigenvalue weighted by Gasteiger charge is -2.27. The van der Waals surface area contributed by atoms with E-state index in [1.54, 1.807) is 24.4 Å². The SMILES string of the molecule is COC(=O)c1cc(C(=O)NN2CCCCC2)c2cc(Cc3ccc(F)cc3)cnc2c1O. The standard InChI is InChI=1S/C24H24FN3O4/c1-32-24(31)20-13-19(23(30)27-28-9-3-2-4-10-28)18-12-16(14-26-21(18)22(20)29)11-15-5-7-17(25)8-6-15/h5-8,12-14,29H,2-4,9-11H2,1H3,(H,27,30). The second-order valence-corrected chi connectivity index (χ2v) is 7.84. The van der Waals surface area contributed by atoms with Gasteiger partial charge in [0.25, 0.3) is 5.91 Å². The summed E-state index contributed by atoms with van der Waals surface area (Å²) < 4.78 is 18.0. The smallest absolute Gasteiger partial charge is 0.341 e. The number of rotatable bonds is 5. The number of pyridine rings is 1. The second kappa shape index (κ2) is 9.32. The van der Waals surface area contributed by atoms with E-state index in [1.165, 1.54) is 25.3 Å². The maximum absolute atomic E-state index is 13.2. The van der Waals surface area contributed by atoms with Crippen LogP contribution in [0.1, 0.15) is 51.1 Å². The molecule has 7 nitrogen and oxygen atoms in total. The number of carbonyl (C=O) groups excluding carboxylic acids is 2. The molecule has 0 saturated carbocycles. The molecular weight excluding hydrogens is 413 g/mol. The van der Waals surface area contributed by atoms with Crippen LogP contribution >= 0.6 is 0 Å². The number of hydrazine groups is 1. The Hall–Kier alpha value is -3.52. The van der Waals surface area contributed by atoms with Gasteiger partial charge in [-0.15, -0.1) is 0 Å². The van der Waals surface area contributed by atoms with E-state index < -0.39 is 5.97 Å². The van der Waals surface area contributed by atoms with E-state index >= 15 is 0 Å². The maximum atomic E-state index is 13.2. The third kappa shape index (κ3) is 4.55. The van der Waals surface area contributed by atoms with Crippen molar-refractivity contribution < 1.29 is 23.8 Å². The number of methoxy groups -OCH3 is 1. The number of aromatic nitrogens is 1. The molecule has 2 heterocycles. The van der Waals surface area contributed by atoms with E-state index in [1.807, 2.05) is 5.01 Å². The average Bonchev–Trinajstić information content (AvgIpc) is 2.81. The maximum Gasteiger partial charge on any atom is 0.341 e. The fraction of sp³-hybridized carbons (Fsp3) is 0.292. The van der Waals surface area contributed by atoms with Crippen molar-refractivity contribution in [1.29, 1.82) is 0 Å². The number of amides is 1. The van der Waals surface area contributed by atoms with Crippen molar-refractivity contribution in [3.05, 3.63) is 70.7 Å². The first kappa shape index (κ1) is 21.7. The Morgan fingerprint density at radius 3 is 2.50 bits per heavy atom. The van der Waals surface area contributed by atoms with Gasteiger partial charge in [0.2, 0.25) is 0 Å². The number of piperidine rings is 1. The Balaban J connectivity index is 1.76. The van der Waals surface area contributed by atoms with E-state index in [0.29, 0.717) is 11.8 Å². The van der Waals surface area contributed by atoms with Gasteiger partial charge < -0.3 is 9.84 Å². The fourth-order valence-corrected chi connectivity index (χ4v) is 3.92. The summed E-state index contributed by atoms with van der Waals surface area (Å²) in [5, 5.41) is 12.9. The topological polar surface area (TPSA) is 91.8 Å². The van der Waals surface area contributed by atoms with Crippen molar-refractivity contribution in [1.82, 2.24) is 15.4 Å². The molecule has 1 amide bonds. The van der Waals surface area contributed by atoms with Gasteiger partial charge in [-0.2, -0.15) is 0 Å². The largest absolute Gasteiger partial charge is 0.505 e. The second-order valence-electron chi connectivity index (χ2n) is 7.84. The molecule has 0 bridgehead atoms. The molecule has 3 aromatic rings. The number of benzene rings is 2. The van der Waals surface area contributed by atoms with Gasteiger partial charge in [-0.3, -0.25) is 15.2 Å². The Morgan fingerprint density at radius 1 is 1.09 bits per heavy atom. The van der Waals surface area contributed by atoms with Gasteiger partial charge in [0, 0.05) is 24.7 Å². The molecule has 1 aromatic heterocycles. The fourth-order valence-electron chi connectivity index (χ4n) is 3.92. The van der Waals surface area contributed by atoms with Crippen LogP contribution in [0.4, 0.5) is 4.39 Å². The quantitative estimate of drug-likeness (QED) is 0.593. The number of ether oxygens (including phenoxy) is 1. The van der Waals surface area contributed by atoms with E-state index in [2.05, 4.69) is 10.4 Å². The molecule has 0 atom stereocenters.